The number of morpholine rings is 1. The Kier molecular flexibility index (Phi) is 7.05. The summed E-state index contributed by atoms with van der Waals surface area (Å²) < 4.78 is 5.76. The Hall–Kier alpha value is -2.93. The standard InChI is InChI=1S/C23H30N4O3/c1-15-5-7-20(9-16(15)2)23(29)26-12-22(28)25-11-19-6-8-21(24-10-19)27-13-17(3)30-18(4)14-27/h5-10,17-18H,11-14H2,1-4H3,(H,25,28)(H,26,29). The normalized spacial score (nSPS) is 18.7. The van der Waals surface area contributed by atoms with Gasteiger partial charge in [0.2, 0.25) is 5.91 Å². The molecule has 2 unspecified atom stereocenters. The maximum atomic E-state index is 12.2. The summed E-state index contributed by atoms with van der Waals surface area (Å²) in [6, 6.07) is 9.42. The van der Waals surface area contributed by atoms with Gasteiger partial charge in [-0.2, -0.15) is 0 Å². The first-order valence-electron chi connectivity index (χ1n) is 10.3. The predicted molar refractivity (Wildman–Crippen MR) is 117 cm³/mol. The van der Waals surface area contributed by atoms with E-state index >= 15 is 0 Å². The number of aryl methyl sites for hydroxylation is 2. The number of rotatable bonds is 6. The number of hydrogen-bond donors (Lipinski definition) is 2. The molecule has 0 bridgehead atoms. The van der Waals surface area contributed by atoms with Crippen molar-refractivity contribution in [1.82, 2.24) is 15.6 Å². The van der Waals surface area contributed by atoms with Crippen molar-refractivity contribution in [3.05, 3.63) is 58.8 Å². The number of carbonyl (C=O) groups is 2. The number of aromatic nitrogens is 1. The lowest BCUT2D eigenvalue weighted by atomic mass is 10.1. The van der Waals surface area contributed by atoms with E-state index in [1.165, 1.54) is 0 Å². The molecule has 1 aliphatic rings. The monoisotopic (exact) mass is 410 g/mol. The maximum Gasteiger partial charge on any atom is 0.251 e. The summed E-state index contributed by atoms with van der Waals surface area (Å²) in [6.45, 7) is 9.99. The highest BCUT2D eigenvalue weighted by atomic mass is 16.5. The molecular weight excluding hydrogens is 380 g/mol. The molecule has 2 heterocycles. The van der Waals surface area contributed by atoms with Gasteiger partial charge in [0.05, 0.1) is 18.8 Å². The summed E-state index contributed by atoms with van der Waals surface area (Å²) in [5, 5.41) is 5.47. The number of nitrogens with one attached hydrogen (secondary N) is 2. The first kappa shape index (κ1) is 21.8. The zero-order valence-electron chi connectivity index (χ0n) is 18.1. The average molecular weight is 411 g/mol. The van der Waals surface area contributed by atoms with Gasteiger partial charge in [0.25, 0.3) is 5.91 Å². The van der Waals surface area contributed by atoms with Crippen LogP contribution in [0.5, 0.6) is 0 Å². The highest BCUT2D eigenvalue weighted by molar-refractivity contribution is 5.96. The second kappa shape index (κ2) is 9.71. The fourth-order valence-corrected chi connectivity index (χ4v) is 3.48. The Labute approximate surface area is 177 Å². The molecule has 1 aromatic carbocycles. The van der Waals surface area contributed by atoms with E-state index in [0.717, 1.165) is 35.6 Å². The molecule has 1 aliphatic heterocycles. The first-order chi connectivity index (χ1) is 14.3. The summed E-state index contributed by atoms with van der Waals surface area (Å²) in [5.74, 6) is 0.410. The van der Waals surface area contributed by atoms with Gasteiger partial charge in [-0.15, -0.1) is 0 Å². The Morgan fingerprint density at radius 3 is 2.43 bits per heavy atom. The van der Waals surface area contributed by atoms with Crippen molar-refractivity contribution in [3.8, 4) is 0 Å². The van der Waals surface area contributed by atoms with Crippen LogP contribution in [0.3, 0.4) is 0 Å². The molecule has 0 radical (unpaired) electrons. The fourth-order valence-electron chi connectivity index (χ4n) is 3.48. The minimum Gasteiger partial charge on any atom is -0.372 e. The number of anilines is 1. The lowest BCUT2D eigenvalue weighted by Gasteiger charge is -2.36. The third-order valence-electron chi connectivity index (χ3n) is 5.22. The van der Waals surface area contributed by atoms with E-state index in [9.17, 15) is 9.59 Å². The Bertz CT molecular complexity index is 888. The van der Waals surface area contributed by atoms with Crippen molar-refractivity contribution < 1.29 is 14.3 Å². The van der Waals surface area contributed by atoms with Gasteiger partial charge in [0.15, 0.2) is 0 Å². The zero-order chi connectivity index (χ0) is 21.7. The SMILES string of the molecule is Cc1ccc(C(=O)NCC(=O)NCc2ccc(N3CC(C)OC(C)C3)nc2)cc1C. The van der Waals surface area contributed by atoms with Crippen molar-refractivity contribution in [2.24, 2.45) is 0 Å². The molecule has 3 rings (SSSR count). The van der Waals surface area contributed by atoms with Crippen molar-refractivity contribution >= 4 is 17.6 Å². The van der Waals surface area contributed by atoms with Crippen LogP contribution in [0.4, 0.5) is 5.82 Å². The number of ether oxygens (including phenoxy) is 1. The van der Waals surface area contributed by atoms with E-state index in [4.69, 9.17) is 4.74 Å². The number of pyridine rings is 1. The molecule has 7 nitrogen and oxygen atoms in total. The molecule has 30 heavy (non-hydrogen) atoms. The number of carbonyl (C=O) groups excluding carboxylic acids is 2. The zero-order valence-corrected chi connectivity index (χ0v) is 18.1. The third kappa shape index (κ3) is 5.79. The first-order valence-corrected chi connectivity index (χ1v) is 10.3. The van der Waals surface area contributed by atoms with Gasteiger partial charge in [0.1, 0.15) is 5.82 Å². The van der Waals surface area contributed by atoms with Crippen molar-refractivity contribution in [3.63, 3.8) is 0 Å². The molecule has 1 saturated heterocycles. The Balaban J connectivity index is 1.45. The summed E-state index contributed by atoms with van der Waals surface area (Å²) in [6.07, 6.45) is 2.12. The van der Waals surface area contributed by atoms with Gasteiger partial charge >= 0.3 is 0 Å². The van der Waals surface area contributed by atoms with E-state index in [0.29, 0.717) is 12.1 Å². The lowest BCUT2D eigenvalue weighted by molar-refractivity contribution is -0.120. The molecule has 1 fully saturated rings. The Morgan fingerprint density at radius 2 is 1.80 bits per heavy atom. The van der Waals surface area contributed by atoms with Crippen LogP contribution < -0.4 is 15.5 Å². The lowest BCUT2D eigenvalue weighted by Crippen LogP contribution is -2.45. The average Bonchev–Trinajstić information content (AvgIpc) is 2.72. The molecule has 160 valence electrons. The van der Waals surface area contributed by atoms with Crippen molar-refractivity contribution in [2.75, 3.05) is 24.5 Å². The van der Waals surface area contributed by atoms with E-state index in [2.05, 4.69) is 34.4 Å². The van der Waals surface area contributed by atoms with E-state index in [1.807, 2.05) is 38.1 Å². The van der Waals surface area contributed by atoms with Crippen LogP contribution in [0.25, 0.3) is 0 Å². The third-order valence-corrected chi connectivity index (χ3v) is 5.22. The molecular formula is C23H30N4O3. The number of nitrogens with zero attached hydrogens (tertiary/aromatic N) is 2. The van der Waals surface area contributed by atoms with Gasteiger partial charge in [-0.25, -0.2) is 4.98 Å². The molecule has 2 amide bonds. The second-order valence-corrected chi connectivity index (χ2v) is 7.95. The quantitative estimate of drug-likeness (QED) is 0.764. The topological polar surface area (TPSA) is 83.6 Å². The number of benzene rings is 1. The van der Waals surface area contributed by atoms with Crippen LogP contribution in [0.1, 0.15) is 40.9 Å². The summed E-state index contributed by atoms with van der Waals surface area (Å²) in [4.78, 5) is 31.0. The summed E-state index contributed by atoms with van der Waals surface area (Å²) in [7, 11) is 0. The molecule has 0 aliphatic carbocycles. The second-order valence-electron chi connectivity index (χ2n) is 7.95. The smallest absolute Gasteiger partial charge is 0.251 e. The van der Waals surface area contributed by atoms with Gasteiger partial charge in [-0.05, 0) is 62.6 Å². The van der Waals surface area contributed by atoms with Crippen LogP contribution >= 0.6 is 0 Å². The molecule has 2 aromatic rings. The minimum absolute atomic E-state index is 0.0686. The predicted octanol–water partition coefficient (Wildman–Crippen LogP) is 2.36. The molecule has 7 heteroatoms. The minimum atomic E-state index is -0.256. The molecule has 0 saturated carbocycles. The van der Waals surface area contributed by atoms with E-state index < -0.39 is 0 Å². The van der Waals surface area contributed by atoms with E-state index in [-0.39, 0.29) is 30.6 Å². The van der Waals surface area contributed by atoms with Crippen molar-refractivity contribution in [1.29, 1.82) is 0 Å². The molecule has 2 atom stereocenters. The van der Waals surface area contributed by atoms with Crippen LogP contribution in [-0.4, -0.2) is 48.6 Å². The highest BCUT2D eigenvalue weighted by Gasteiger charge is 2.23. The Morgan fingerprint density at radius 1 is 1.07 bits per heavy atom. The largest absolute Gasteiger partial charge is 0.372 e. The molecule has 0 spiro atoms. The maximum absolute atomic E-state index is 12.2. The van der Waals surface area contributed by atoms with Crippen LogP contribution in [0.15, 0.2) is 36.5 Å². The van der Waals surface area contributed by atoms with Gasteiger partial charge in [-0.1, -0.05) is 12.1 Å². The van der Waals surface area contributed by atoms with Gasteiger partial charge in [-0.3, -0.25) is 9.59 Å². The van der Waals surface area contributed by atoms with Crippen molar-refractivity contribution in [2.45, 2.75) is 46.4 Å². The molecule has 1 aromatic heterocycles. The van der Waals surface area contributed by atoms with E-state index in [1.54, 1.807) is 12.3 Å². The highest BCUT2D eigenvalue weighted by Crippen LogP contribution is 2.18. The summed E-state index contributed by atoms with van der Waals surface area (Å²) in [5.41, 5.74) is 3.63. The number of amides is 2. The number of hydrogen-bond acceptors (Lipinski definition) is 5. The molecule has 2 N–H and O–H groups in total. The van der Waals surface area contributed by atoms with Gasteiger partial charge in [0, 0.05) is 31.4 Å². The fraction of sp³-hybridized carbons (Fsp3) is 0.435. The van der Waals surface area contributed by atoms with Crippen LogP contribution in [0, 0.1) is 13.8 Å². The van der Waals surface area contributed by atoms with Gasteiger partial charge < -0.3 is 20.3 Å². The van der Waals surface area contributed by atoms with Crippen LogP contribution in [0.2, 0.25) is 0 Å². The summed E-state index contributed by atoms with van der Waals surface area (Å²) >= 11 is 0. The van der Waals surface area contributed by atoms with Crippen LogP contribution in [-0.2, 0) is 16.1 Å².